The van der Waals surface area contributed by atoms with E-state index in [0.717, 1.165) is 11.3 Å². The SMILES string of the molecule is COc1ccc(C)cc1NC1NC(=O)/C(=C/c2ccc(-c3ccc(C(=O)O)c(Cl)c3)o2)S1. The highest BCUT2D eigenvalue weighted by molar-refractivity contribution is 8.05. The molecule has 3 aromatic rings. The van der Waals surface area contributed by atoms with Gasteiger partial charge < -0.3 is 24.9 Å². The van der Waals surface area contributed by atoms with E-state index in [-0.39, 0.29) is 22.0 Å². The number of amides is 1. The standard InChI is InChI=1S/C23H19ClN2O5S/c1-12-3-7-19(30-2)17(9-12)25-23-26-21(27)20(32-23)11-14-5-8-18(31-14)13-4-6-15(22(28)29)16(24)10-13/h3-11,23,25H,1-2H3,(H,26,27)(H,28,29)/b20-11-. The maximum absolute atomic E-state index is 12.4. The summed E-state index contributed by atoms with van der Waals surface area (Å²) < 4.78 is 11.2. The average molecular weight is 471 g/mol. The van der Waals surface area contributed by atoms with E-state index in [9.17, 15) is 9.59 Å². The fourth-order valence-electron chi connectivity index (χ4n) is 3.20. The summed E-state index contributed by atoms with van der Waals surface area (Å²) in [6.07, 6.45) is 1.66. The van der Waals surface area contributed by atoms with Gasteiger partial charge in [0.15, 0.2) is 5.50 Å². The number of carbonyl (C=O) groups is 2. The Hall–Kier alpha value is -3.36. The Bertz CT molecular complexity index is 1240. The average Bonchev–Trinajstić information content (AvgIpc) is 3.35. The summed E-state index contributed by atoms with van der Waals surface area (Å²) in [5.41, 5.74) is 2.15. The van der Waals surface area contributed by atoms with Gasteiger partial charge in [0.05, 0.1) is 28.3 Å². The second kappa shape index (κ2) is 9.02. The first-order chi connectivity index (χ1) is 15.3. The van der Waals surface area contributed by atoms with E-state index >= 15 is 0 Å². The number of anilines is 1. The van der Waals surface area contributed by atoms with Crippen LogP contribution >= 0.6 is 23.4 Å². The van der Waals surface area contributed by atoms with Gasteiger partial charge in [0.25, 0.3) is 5.91 Å². The lowest BCUT2D eigenvalue weighted by atomic mass is 10.1. The number of rotatable bonds is 6. The van der Waals surface area contributed by atoms with Gasteiger partial charge >= 0.3 is 5.97 Å². The zero-order chi connectivity index (χ0) is 22.8. The largest absolute Gasteiger partial charge is 0.495 e. The summed E-state index contributed by atoms with van der Waals surface area (Å²) in [7, 11) is 1.60. The van der Waals surface area contributed by atoms with Crippen LogP contribution in [0, 0.1) is 6.92 Å². The second-order valence-corrected chi connectivity index (χ2v) is 8.58. The normalized spacial score (nSPS) is 16.8. The van der Waals surface area contributed by atoms with Crippen molar-refractivity contribution in [2.75, 3.05) is 12.4 Å². The summed E-state index contributed by atoms with van der Waals surface area (Å²) in [4.78, 5) is 24.1. The van der Waals surface area contributed by atoms with E-state index in [0.29, 0.717) is 27.7 Å². The monoisotopic (exact) mass is 470 g/mol. The Morgan fingerprint density at radius 3 is 2.78 bits per heavy atom. The lowest BCUT2D eigenvalue weighted by Crippen LogP contribution is -2.31. The fourth-order valence-corrected chi connectivity index (χ4v) is 4.42. The topological polar surface area (TPSA) is 101 Å². The zero-order valence-electron chi connectivity index (χ0n) is 17.1. The first-order valence-corrected chi connectivity index (χ1v) is 10.8. The molecule has 9 heteroatoms. The van der Waals surface area contributed by atoms with Crippen LogP contribution in [0.3, 0.4) is 0 Å². The van der Waals surface area contributed by atoms with Gasteiger partial charge in [-0.15, -0.1) is 0 Å². The fraction of sp³-hybridized carbons (Fsp3) is 0.130. The van der Waals surface area contributed by atoms with Crippen molar-refractivity contribution in [3.05, 3.63) is 75.3 Å². The first kappa shape index (κ1) is 21.9. The van der Waals surface area contributed by atoms with Crippen LogP contribution in [0.4, 0.5) is 5.69 Å². The number of nitrogens with one attached hydrogen (secondary N) is 2. The minimum Gasteiger partial charge on any atom is -0.495 e. The van der Waals surface area contributed by atoms with Gasteiger partial charge in [-0.3, -0.25) is 4.79 Å². The summed E-state index contributed by atoms with van der Waals surface area (Å²) in [5.74, 6) is 0.377. The molecule has 1 atom stereocenters. The van der Waals surface area contributed by atoms with Crippen LogP contribution in [0.2, 0.25) is 5.02 Å². The van der Waals surface area contributed by atoms with Crippen molar-refractivity contribution in [2.45, 2.75) is 12.4 Å². The molecule has 7 nitrogen and oxygen atoms in total. The van der Waals surface area contributed by atoms with Gasteiger partial charge in [0.2, 0.25) is 0 Å². The van der Waals surface area contributed by atoms with Gasteiger partial charge in [-0.2, -0.15) is 0 Å². The molecule has 4 rings (SSSR count). The van der Waals surface area contributed by atoms with Gasteiger partial charge in [-0.05, 0) is 48.9 Å². The molecule has 2 aromatic carbocycles. The van der Waals surface area contributed by atoms with Crippen molar-refractivity contribution in [1.29, 1.82) is 0 Å². The van der Waals surface area contributed by atoms with E-state index in [1.807, 2.05) is 25.1 Å². The molecule has 1 aliphatic rings. The summed E-state index contributed by atoms with van der Waals surface area (Å²) >= 11 is 7.38. The van der Waals surface area contributed by atoms with Crippen molar-refractivity contribution in [3.8, 4) is 17.1 Å². The molecule has 1 amide bonds. The third-order valence-corrected chi connectivity index (χ3v) is 6.10. The maximum atomic E-state index is 12.4. The minimum absolute atomic E-state index is 0.0205. The van der Waals surface area contributed by atoms with Crippen LogP contribution in [-0.4, -0.2) is 29.6 Å². The third-order valence-electron chi connectivity index (χ3n) is 4.76. The summed E-state index contributed by atoms with van der Waals surface area (Å²) in [5, 5.41) is 15.4. The highest BCUT2D eigenvalue weighted by Crippen LogP contribution is 2.34. The minimum atomic E-state index is -1.10. The lowest BCUT2D eigenvalue weighted by Gasteiger charge is -2.16. The predicted octanol–water partition coefficient (Wildman–Crippen LogP) is 5.21. The van der Waals surface area contributed by atoms with Crippen molar-refractivity contribution < 1.29 is 23.8 Å². The predicted molar refractivity (Wildman–Crippen MR) is 125 cm³/mol. The second-order valence-electron chi connectivity index (χ2n) is 7.03. The van der Waals surface area contributed by atoms with Gasteiger partial charge in [0, 0.05) is 11.6 Å². The van der Waals surface area contributed by atoms with Crippen LogP contribution in [-0.2, 0) is 4.79 Å². The number of aryl methyl sites for hydroxylation is 1. The van der Waals surface area contributed by atoms with E-state index in [1.54, 1.807) is 31.4 Å². The van der Waals surface area contributed by atoms with Crippen LogP contribution in [0.15, 0.2) is 57.9 Å². The molecule has 2 heterocycles. The molecule has 0 radical (unpaired) electrons. The molecule has 0 aliphatic carbocycles. The molecule has 1 fully saturated rings. The van der Waals surface area contributed by atoms with Crippen LogP contribution in [0.5, 0.6) is 5.75 Å². The number of hydrogen-bond donors (Lipinski definition) is 3. The molecular weight excluding hydrogens is 452 g/mol. The van der Waals surface area contributed by atoms with Crippen molar-refractivity contribution in [2.24, 2.45) is 0 Å². The number of carboxylic acids is 1. The van der Waals surface area contributed by atoms with Gasteiger partial charge in [-0.1, -0.05) is 35.5 Å². The number of carboxylic acid groups (broad SMARTS) is 1. The molecule has 164 valence electrons. The van der Waals surface area contributed by atoms with Crippen molar-refractivity contribution >= 4 is 47.0 Å². The van der Waals surface area contributed by atoms with E-state index < -0.39 is 5.97 Å². The van der Waals surface area contributed by atoms with Crippen LogP contribution in [0.25, 0.3) is 17.4 Å². The number of ether oxygens (including phenoxy) is 1. The molecule has 1 unspecified atom stereocenters. The van der Waals surface area contributed by atoms with Gasteiger partial charge in [-0.25, -0.2) is 4.79 Å². The Balaban J connectivity index is 1.50. The van der Waals surface area contributed by atoms with Crippen LogP contribution in [0.1, 0.15) is 21.7 Å². The number of benzene rings is 2. The molecule has 1 saturated heterocycles. The van der Waals surface area contributed by atoms with E-state index in [4.69, 9.17) is 25.9 Å². The third kappa shape index (κ3) is 4.61. The molecule has 0 spiro atoms. The smallest absolute Gasteiger partial charge is 0.337 e. The van der Waals surface area contributed by atoms with Crippen molar-refractivity contribution in [1.82, 2.24) is 5.32 Å². The highest BCUT2D eigenvalue weighted by Gasteiger charge is 2.28. The Labute approximate surface area is 193 Å². The molecule has 0 saturated carbocycles. The lowest BCUT2D eigenvalue weighted by molar-refractivity contribution is -0.116. The molecule has 32 heavy (non-hydrogen) atoms. The number of thioether (sulfide) groups is 1. The number of aromatic carboxylic acids is 1. The van der Waals surface area contributed by atoms with E-state index in [1.165, 1.54) is 23.9 Å². The zero-order valence-corrected chi connectivity index (χ0v) is 18.7. The number of halogens is 1. The molecule has 0 bridgehead atoms. The Kier molecular flexibility index (Phi) is 6.16. The quantitative estimate of drug-likeness (QED) is 0.425. The molecule has 1 aromatic heterocycles. The maximum Gasteiger partial charge on any atom is 0.337 e. The molecular formula is C23H19ClN2O5S. The number of methoxy groups -OCH3 is 1. The van der Waals surface area contributed by atoms with Crippen LogP contribution < -0.4 is 15.4 Å². The molecule has 1 aliphatic heterocycles. The van der Waals surface area contributed by atoms with E-state index in [2.05, 4.69) is 10.6 Å². The number of furan rings is 1. The Morgan fingerprint density at radius 2 is 2.06 bits per heavy atom. The number of carbonyl (C=O) groups excluding carboxylic acids is 1. The first-order valence-electron chi connectivity index (χ1n) is 9.57. The molecule has 3 N–H and O–H groups in total. The van der Waals surface area contributed by atoms with Crippen molar-refractivity contribution in [3.63, 3.8) is 0 Å². The number of hydrogen-bond acceptors (Lipinski definition) is 6. The Morgan fingerprint density at radius 1 is 1.25 bits per heavy atom. The van der Waals surface area contributed by atoms with Gasteiger partial charge in [0.1, 0.15) is 17.3 Å². The summed E-state index contributed by atoms with van der Waals surface area (Å²) in [6.45, 7) is 1.98. The summed E-state index contributed by atoms with van der Waals surface area (Å²) in [6, 6.07) is 13.8. The highest BCUT2D eigenvalue weighted by atomic mass is 35.5.